The summed E-state index contributed by atoms with van der Waals surface area (Å²) in [5.41, 5.74) is 7.19. The Morgan fingerprint density at radius 1 is 0.548 bits per heavy atom. The molecule has 0 fully saturated rings. The fraction of sp³-hybridized carbons (Fsp3) is 0.0345. The van der Waals surface area contributed by atoms with E-state index in [1.807, 2.05) is 0 Å². The molecule has 0 aliphatic rings. The quantitative estimate of drug-likeness (QED) is 0.321. The zero-order valence-electron chi connectivity index (χ0n) is 17.3. The van der Waals surface area contributed by atoms with Crippen molar-refractivity contribution in [2.75, 3.05) is 5.32 Å². The van der Waals surface area contributed by atoms with E-state index >= 15 is 0 Å². The molecule has 5 aromatic carbocycles. The second-order valence-electron chi connectivity index (χ2n) is 8.04. The third kappa shape index (κ3) is 2.96. The zero-order valence-corrected chi connectivity index (χ0v) is 17.3. The number of rotatable bonds is 3. The third-order valence-electron chi connectivity index (χ3n) is 6.19. The lowest BCUT2D eigenvalue weighted by Gasteiger charge is -2.10. The van der Waals surface area contributed by atoms with E-state index in [0.717, 1.165) is 11.4 Å². The van der Waals surface area contributed by atoms with Gasteiger partial charge in [-0.3, -0.25) is 0 Å². The molecule has 148 valence electrons. The maximum absolute atomic E-state index is 3.58. The molecule has 0 saturated carbocycles. The Morgan fingerprint density at radius 3 is 2.10 bits per heavy atom. The van der Waals surface area contributed by atoms with Gasteiger partial charge >= 0.3 is 0 Å². The van der Waals surface area contributed by atoms with Crippen molar-refractivity contribution in [3.8, 4) is 11.1 Å². The number of nitrogens with zero attached hydrogens (tertiary/aromatic N) is 1. The third-order valence-corrected chi connectivity index (χ3v) is 6.19. The maximum atomic E-state index is 3.58. The van der Waals surface area contributed by atoms with E-state index in [2.05, 4.69) is 126 Å². The first kappa shape index (κ1) is 17.8. The lowest BCUT2D eigenvalue weighted by molar-refractivity contribution is 1.01. The summed E-state index contributed by atoms with van der Waals surface area (Å²) in [4.78, 5) is 0. The minimum absolute atomic E-state index is 1.09. The van der Waals surface area contributed by atoms with Crippen LogP contribution in [0.2, 0.25) is 0 Å². The van der Waals surface area contributed by atoms with Crippen LogP contribution in [0.3, 0.4) is 0 Å². The molecule has 6 rings (SSSR count). The summed E-state index contributed by atoms with van der Waals surface area (Å²) in [5, 5.41) is 8.69. The van der Waals surface area contributed by atoms with Crippen LogP contribution in [0.25, 0.3) is 43.7 Å². The first-order valence-corrected chi connectivity index (χ1v) is 10.6. The van der Waals surface area contributed by atoms with Crippen LogP contribution in [0.5, 0.6) is 0 Å². The van der Waals surface area contributed by atoms with E-state index < -0.39 is 0 Å². The van der Waals surface area contributed by atoms with Crippen LogP contribution in [0.4, 0.5) is 11.4 Å². The van der Waals surface area contributed by atoms with Crippen molar-refractivity contribution in [1.29, 1.82) is 0 Å². The number of aryl methyl sites for hydroxylation is 1. The Kier molecular flexibility index (Phi) is 4.03. The van der Waals surface area contributed by atoms with Crippen LogP contribution in [0.1, 0.15) is 0 Å². The minimum atomic E-state index is 1.09. The van der Waals surface area contributed by atoms with Gasteiger partial charge in [0.25, 0.3) is 0 Å². The normalized spacial score (nSPS) is 11.4. The number of hydrogen-bond acceptors (Lipinski definition) is 1. The highest BCUT2D eigenvalue weighted by atomic mass is 14.9. The molecule has 0 spiro atoms. The van der Waals surface area contributed by atoms with Gasteiger partial charge in [-0.25, -0.2) is 0 Å². The van der Waals surface area contributed by atoms with Crippen LogP contribution in [-0.4, -0.2) is 4.57 Å². The van der Waals surface area contributed by atoms with Crippen molar-refractivity contribution >= 4 is 44.0 Å². The summed E-state index contributed by atoms with van der Waals surface area (Å²) < 4.78 is 2.26. The second kappa shape index (κ2) is 7.03. The molecule has 0 bridgehead atoms. The summed E-state index contributed by atoms with van der Waals surface area (Å²) in [6.07, 6.45) is 0. The summed E-state index contributed by atoms with van der Waals surface area (Å²) >= 11 is 0. The fourth-order valence-corrected chi connectivity index (χ4v) is 4.62. The van der Waals surface area contributed by atoms with Crippen molar-refractivity contribution in [1.82, 2.24) is 4.57 Å². The van der Waals surface area contributed by atoms with E-state index in [0.29, 0.717) is 0 Å². The van der Waals surface area contributed by atoms with E-state index in [-0.39, 0.29) is 0 Å². The lowest BCUT2D eigenvalue weighted by Crippen LogP contribution is -1.91. The van der Waals surface area contributed by atoms with Crippen LogP contribution in [0, 0.1) is 0 Å². The fourth-order valence-electron chi connectivity index (χ4n) is 4.62. The first-order valence-electron chi connectivity index (χ1n) is 10.6. The first-order chi connectivity index (χ1) is 15.3. The van der Waals surface area contributed by atoms with Crippen LogP contribution in [0.15, 0.2) is 109 Å². The van der Waals surface area contributed by atoms with E-state index in [4.69, 9.17) is 0 Å². The second-order valence-corrected chi connectivity index (χ2v) is 8.04. The molecule has 2 heteroatoms. The Balaban J connectivity index is 1.35. The Bertz CT molecular complexity index is 1550. The Hall–Kier alpha value is -4.04. The molecule has 0 radical (unpaired) electrons. The van der Waals surface area contributed by atoms with E-state index in [9.17, 15) is 0 Å². The number of anilines is 2. The summed E-state index contributed by atoms with van der Waals surface area (Å²) in [7, 11) is 2.13. The molecule has 6 aromatic rings. The minimum Gasteiger partial charge on any atom is -0.356 e. The molecule has 0 aliphatic heterocycles. The molecular weight excluding hydrogens is 376 g/mol. The summed E-state index contributed by atoms with van der Waals surface area (Å²) in [6, 6.07) is 38.9. The molecule has 1 aromatic heterocycles. The van der Waals surface area contributed by atoms with Crippen LogP contribution >= 0.6 is 0 Å². The summed E-state index contributed by atoms with van der Waals surface area (Å²) in [5.74, 6) is 0. The van der Waals surface area contributed by atoms with Crippen molar-refractivity contribution in [2.45, 2.75) is 0 Å². The topological polar surface area (TPSA) is 17.0 Å². The lowest BCUT2D eigenvalue weighted by atomic mass is 9.98. The highest BCUT2D eigenvalue weighted by molar-refractivity contribution is 6.09. The van der Waals surface area contributed by atoms with Gasteiger partial charge in [0, 0.05) is 40.2 Å². The van der Waals surface area contributed by atoms with Gasteiger partial charge in [-0.05, 0) is 58.3 Å². The number of nitrogens with one attached hydrogen (secondary N) is 1. The zero-order chi connectivity index (χ0) is 20.8. The van der Waals surface area contributed by atoms with Crippen molar-refractivity contribution in [3.05, 3.63) is 109 Å². The molecule has 31 heavy (non-hydrogen) atoms. The predicted molar refractivity (Wildman–Crippen MR) is 133 cm³/mol. The monoisotopic (exact) mass is 398 g/mol. The molecule has 0 amide bonds. The average Bonchev–Trinajstić information content (AvgIpc) is 3.11. The smallest absolute Gasteiger partial charge is 0.0490 e. The van der Waals surface area contributed by atoms with Crippen molar-refractivity contribution in [2.24, 2.45) is 7.05 Å². The molecule has 1 heterocycles. The number of aromatic nitrogens is 1. The Labute approximate surface area is 181 Å². The largest absolute Gasteiger partial charge is 0.356 e. The van der Waals surface area contributed by atoms with Crippen molar-refractivity contribution in [3.63, 3.8) is 0 Å². The maximum Gasteiger partial charge on any atom is 0.0490 e. The number of benzene rings is 5. The van der Waals surface area contributed by atoms with Gasteiger partial charge in [0.15, 0.2) is 0 Å². The molecule has 0 atom stereocenters. The molecule has 0 unspecified atom stereocenters. The van der Waals surface area contributed by atoms with Crippen LogP contribution in [-0.2, 0) is 7.05 Å². The highest BCUT2D eigenvalue weighted by Gasteiger charge is 2.09. The van der Waals surface area contributed by atoms with Gasteiger partial charge in [-0.15, -0.1) is 0 Å². The van der Waals surface area contributed by atoms with Gasteiger partial charge in [0.1, 0.15) is 0 Å². The molecule has 0 aliphatic carbocycles. The molecule has 2 nitrogen and oxygen atoms in total. The predicted octanol–water partition coefficient (Wildman–Crippen LogP) is 7.90. The van der Waals surface area contributed by atoms with E-state index in [1.165, 1.54) is 43.7 Å². The van der Waals surface area contributed by atoms with Gasteiger partial charge in [-0.2, -0.15) is 0 Å². The average molecular weight is 399 g/mol. The molecular formula is C29H22N2. The molecule has 1 N–H and O–H groups in total. The SMILES string of the molecule is Cn1c2ccccc2c2cc(Nc3ccc(-c4cccc5ccccc45)cc3)ccc21. The molecule has 0 saturated heterocycles. The number of hydrogen-bond donors (Lipinski definition) is 1. The summed E-state index contributed by atoms with van der Waals surface area (Å²) in [6.45, 7) is 0. The van der Waals surface area contributed by atoms with Gasteiger partial charge in [-0.1, -0.05) is 72.8 Å². The van der Waals surface area contributed by atoms with Crippen molar-refractivity contribution < 1.29 is 0 Å². The number of para-hydroxylation sites is 1. The van der Waals surface area contributed by atoms with Gasteiger partial charge in [0.05, 0.1) is 0 Å². The van der Waals surface area contributed by atoms with Crippen LogP contribution < -0.4 is 5.32 Å². The number of fused-ring (bicyclic) bond motifs is 4. The van der Waals surface area contributed by atoms with Gasteiger partial charge < -0.3 is 9.88 Å². The standard InChI is InChI=1S/C29H22N2/c1-31-28-12-5-4-10-26(28)27-19-23(17-18-29(27)31)30-22-15-13-21(14-16-22)25-11-6-8-20-7-2-3-9-24(20)25/h2-19,30H,1H3. The van der Waals surface area contributed by atoms with Gasteiger partial charge in [0.2, 0.25) is 0 Å². The Morgan fingerprint density at radius 2 is 1.23 bits per heavy atom. The highest BCUT2D eigenvalue weighted by Crippen LogP contribution is 2.32. The van der Waals surface area contributed by atoms with E-state index in [1.54, 1.807) is 0 Å².